The normalized spacial score (nSPS) is 8.74. The van der Waals surface area contributed by atoms with E-state index in [0.717, 1.165) is 59.5 Å². The molecule has 0 amide bonds. The number of ether oxygens (including phenoxy) is 5. The van der Waals surface area contributed by atoms with Crippen molar-refractivity contribution in [1.82, 2.24) is 0 Å². The van der Waals surface area contributed by atoms with Gasteiger partial charge in [-0.05, 0) is 84.0 Å². The Labute approximate surface area is 472 Å². The zero-order valence-corrected chi connectivity index (χ0v) is 48.3. The molecule has 4 rings (SSSR count). The Morgan fingerprint density at radius 2 is 1.04 bits per heavy atom. The third kappa shape index (κ3) is 27.5. The monoisotopic (exact) mass is 1240 g/mol. The first kappa shape index (κ1) is 64.4. The van der Waals surface area contributed by atoms with Crippen molar-refractivity contribution in [2.75, 3.05) is 39.4 Å². The maximum Gasteiger partial charge on any atom is 1.00 e. The first-order valence-corrected chi connectivity index (χ1v) is 22.0. The van der Waals surface area contributed by atoms with Gasteiger partial charge in [0.1, 0.15) is 11.5 Å². The molecule has 4 aromatic rings. The summed E-state index contributed by atoms with van der Waals surface area (Å²) in [6.45, 7) is 5.69. The summed E-state index contributed by atoms with van der Waals surface area (Å²) in [4.78, 5) is 69.3. The van der Waals surface area contributed by atoms with Gasteiger partial charge in [0.15, 0.2) is 21.3 Å². The number of aryl methyl sites for hydroxylation is 2. The first-order valence-electron chi connectivity index (χ1n) is 14.2. The van der Waals surface area contributed by atoms with Gasteiger partial charge in [-0.15, -0.1) is 45.3 Å². The van der Waals surface area contributed by atoms with E-state index >= 15 is 0 Å². The zero-order valence-electron chi connectivity index (χ0n) is 31.8. The van der Waals surface area contributed by atoms with Gasteiger partial charge in [-0.3, -0.25) is 4.79 Å². The van der Waals surface area contributed by atoms with Crippen LogP contribution in [0.2, 0.25) is 0 Å². The zero-order chi connectivity index (χ0) is 42.3. The Hall–Kier alpha value is 0.803. The van der Waals surface area contributed by atoms with E-state index in [0.29, 0.717) is 34.7 Å². The van der Waals surface area contributed by atoms with Crippen LogP contribution in [-0.4, -0.2) is 75.2 Å². The molecule has 0 aliphatic rings. The molecule has 0 unspecified atom stereocenters. The molecular weight excluding hydrogens is 1220 g/mol. The number of esters is 2. The minimum atomic E-state index is -0.516. The quantitative estimate of drug-likeness (QED) is 0.0387. The molecule has 0 aliphatic heterocycles. The molecular formula is C31H31Br5K2O15S4. The summed E-state index contributed by atoms with van der Waals surface area (Å²) in [6, 6.07) is 0. The number of carbonyl (C=O) groups excluding carboxylic acids is 7. The summed E-state index contributed by atoms with van der Waals surface area (Å²) in [7, 11) is 2.63. The first-order chi connectivity index (χ1) is 26.2. The molecule has 4 heterocycles. The van der Waals surface area contributed by atoms with E-state index in [-0.39, 0.29) is 140 Å². The van der Waals surface area contributed by atoms with Crippen molar-refractivity contribution in [1.29, 1.82) is 0 Å². The van der Waals surface area contributed by atoms with Crippen molar-refractivity contribution in [2.24, 2.45) is 0 Å². The van der Waals surface area contributed by atoms with Gasteiger partial charge in [0.05, 0.1) is 51.9 Å². The van der Waals surface area contributed by atoms with Gasteiger partial charge in [0.2, 0.25) is 0 Å². The Kier molecular flexibility index (Phi) is 46.2. The molecule has 0 spiro atoms. The van der Waals surface area contributed by atoms with Gasteiger partial charge in [-0.25, -0.2) is 9.59 Å². The van der Waals surface area contributed by atoms with Crippen LogP contribution in [0.25, 0.3) is 0 Å². The smallest absolute Gasteiger partial charge is 1.00 e. The van der Waals surface area contributed by atoms with E-state index in [1.54, 1.807) is 28.1 Å². The van der Waals surface area contributed by atoms with Gasteiger partial charge in [0.25, 0.3) is 6.47 Å². The molecule has 0 fully saturated rings. The van der Waals surface area contributed by atoms with Crippen molar-refractivity contribution in [2.45, 2.75) is 26.7 Å². The van der Waals surface area contributed by atoms with Crippen LogP contribution in [0, 0.1) is 13.8 Å². The predicted octanol–water partition coefficient (Wildman–Crippen LogP) is 2.65. The molecule has 0 aromatic carbocycles. The number of alkyl halides is 1. The van der Waals surface area contributed by atoms with E-state index in [2.05, 4.69) is 102 Å². The second-order valence-corrected chi connectivity index (χ2v) is 16.9. The van der Waals surface area contributed by atoms with Crippen molar-refractivity contribution in [3.05, 3.63) is 58.9 Å². The molecule has 0 aliphatic carbocycles. The molecule has 26 heteroatoms. The molecule has 0 radical (unpaired) electrons. The maximum absolute atomic E-state index is 11.6. The van der Waals surface area contributed by atoms with E-state index in [4.69, 9.17) is 48.2 Å². The van der Waals surface area contributed by atoms with Crippen LogP contribution in [0.1, 0.15) is 43.4 Å². The second-order valence-electron chi connectivity index (χ2n) is 8.72. The molecule has 15 nitrogen and oxygen atoms in total. The Balaban J connectivity index is -0.000000223. The van der Waals surface area contributed by atoms with Crippen molar-refractivity contribution >= 4 is 156 Å². The van der Waals surface area contributed by atoms with Crippen LogP contribution in [0.3, 0.4) is 0 Å². The summed E-state index contributed by atoms with van der Waals surface area (Å²) < 4.78 is 29.5. The van der Waals surface area contributed by atoms with Crippen molar-refractivity contribution in [3.8, 4) is 23.0 Å². The molecule has 4 aromatic heterocycles. The molecule has 57 heavy (non-hydrogen) atoms. The Morgan fingerprint density at radius 1 is 0.702 bits per heavy atom. The minimum Gasteiger partial charge on any atom is -1.00 e. The SMILES string of the molecule is COC(=O)c1scc(Br)c1O.COC(=O)c1scc(Br)c1OCCCOc1c(Br)csc1C.Cc1scc(Br)c1OCCCBr.O=C=O.O=C=O.O=CO[O-].[H-].[K+].[K+]. The minimum absolute atomic E-state index is 0. The molecule has 0 saturated carbocycles. The molecule has 306 valence electrons. The largest absolute Gasteiger partial charge is 1.00 e. The number of halogens is 5. The van der Waals surface area contributed by atoms with Gasteiger partial charge >= 0.3 is 127 Å². The van der Waals surface area contributed by atoms with Crippen LogP contribution in [-0.2, 0) is 38.3 Å². The molecule has 0 saturated heterocycles. The van der Waals surface area contributed by atoms with E-state index in [9.17, 15) is 14.7 Å². The Bertz CT molecular complexity index is 1750. The molecule has 0 bridgehead atoms. The maximum atomic E-state index is 11.6. The standard InChI is InChI=1S/C14H14Br2O4S2.C8H10Br2OS.C6H5BrO3S.CH2O3.2CO2.2K.H/c1-8-11(9(15)6-21-8)19-4-3-5-20-12-10(16)7-22-13(12)14(17)18-2;1-6-8(7(10)5-12-6)11-4-2-3-9;1-10-6(9)5-4(8)3(7)2-11-5;2-1-4-3;2*2-1-3;;;/h6-7H,3-5H2,1-2H3;5H,2-4H2,1H3;2,8H,1H3;1,3H;;;;;/q;;;;;;2*+1;-1/p-1. The van der Waals surface area contributed by atoms with Crippen LogP contribution in [0.5, 0.6) is 23.0 Å². The summed E-state index contributed by atoms with van der Waals surface area (Å²) in [5.74, 6) is 1.46. The van der Waals surface area contributed by atoms with Crippen LogP contribution in [0.15, 0.2) is 39.4 Å². The van der Waals surface area contributed by atoms with E-state index in [1.165, 1.54) is 30.4 Å². The van der Waals surface area contributed by atoms with Crippen molar-refractivity contribution in [3.63, 3.8) is 0 Å². The third-order valence-electron chi connectivity index (χ3n) is 5.26. The van der Waals surface area contributed by atoms with Crippen LogP contribution in [0.4, 0.5) is 0 Å². The van der Waals surface area contributed by atoms with Crippen molar-refractivity contribution < 1.29 is 177 Å². The van der Waals surface area contributed by atoms with E-state index < -0.39 is 5.97 Å². The number of methoxy groups -OCH3 is 2. The molecule has 0 atom stereocenters. The summed E-state index contributed by atoms with van der Waals surface area (Å²) in [5.41, 5.74) is 0. The number of aromatic hydroxyl groups is 1. The number of rotatable bonds is 13. The number of thiophene rings is 4. The fourth-order valence-corrected chi connectivity index (χ4v) is 9.12. The number of carbonyl (C=O) groups is 3. The number of hydrogen-bond donors (Lipinski definition) is 1. The number of hydrogen-bond acceptors (Lipinski definition) is 19. The summed E-state index contributed by atoms with van der Waals surface area (Å²) >= 11 is 22.5. The third-order valence-corrected chi connectivity index (χ3v) is 13.1. The summed E-state index contributed by atoms with van der Waals surface area (Å²) in [5, 5.41) is 26.1. The topological polar surface area (TPSA) is 218 Å². The van der Waals surface area contributed by atoms with Crippen LogP contribution < -0.4 is 122 Å². The van der Waals surface area contributed by atoms with Gasteiger partial charge in [-0.2, -0.15) is 19.2 Å². The average Bonchev–Trinajstić information content (AvgIpc) is 3.91. The second kappa shape index (κ2) is 40.9. The van der Waals surface area contributed by atoms with Gasteiger partial charge < -0.3 is 40.4 Å². The predicted molar refractivity (Wildman–Crippen MR) is 220 cm³/mol. The van der Waals surface area contributed by atoms with E-state index in [1.807, 2.05) is 17.7 Å². The fraction of sp³-hybridized carbons (Fsp3) is 0.323. The summed E-state index contributed by atoms with van der Waals surface area (Å²) in [6.07, 6.45) is 2.26. The van der Waals surface area contributed by atoms with Crippen LogP contribution >= 0.6 is 125 Å². The average molecular weight is 1250 g/mol. The van der Waals surface area contributed by atoms with Gasteiger partial charge in [0, 0.05) is 43.0 Å². The fourth-order valence-electron chi connectivity index (χ4n) is 3.07. The molecule has 1 N–H and O–H groups in total. The van der Waals surface area contributed by atoms with Gasteiger partial charge in [-0.1, -0.05) is 15.9 Å². The Morgan fingerprint density at radius 3 is 1.37 bits per heavy atom.